The van der Waals surface area contributed by atoms with E-state index in [2.05, 4.69) is 0 Å². The van der Waals surface area contributed by atoms with E-state index in [0.29, 0.717) is 0 Å². The number of aromatic carboxylic acids is 1. The second-order valence-electron chi connectivity index (χ2n) is 3.56. The molecular formula is C15H14O3. The summed E-state index contributed by atoms with van der Waals surface area (Å²) in [5, 5.41) is 8.66. The minimum absolute atomic E-state index is 0.0602. The molecular weight excluding hydrogens is 228 g/mol. The molecule has 0 radical (unpaired) electrons. The maximum Gasteiger partial charge on any atom is 0.336 e. The number of carbonyl (C=O) groups excluding carboxylic acids is 1. The predicted molar refractivity (Wildman–Crippen MR) is 69.8 cm³/mol. The fourth-order valence-electron chi connectivity index (χ4n) is 1.36. The van der Waals surface area contributed by atoms with E-state index in [-0.39, 0.29) is 16.9 Å². The van der Waals surface area contributed by atoms with Gasteiger partial charge >= 0.3 is 5.97 Å². The van der Waals surface area contributed by atoms with Crippen LogP contribution < -0.4 is 0 Å². The lowest BCUT2D eigenvalue weighted by molar-refractivity contribution is 0.0692. The molecule has 2 rings (SSSR count). The molecule has 92 valence electrons. The Hall–Kier alpha value is -2.42. The van der Waals surface area contributed by atoms with Gasteiger partial charge in [0.2, 0.25) is 0 Å². The van der Waals surface area contributed by atoms with Gasteiger partial charge in [-0.25, -0.2) is 4.79 Å². The van der Waals surface area contributed by atoms with E-state index in [1.54, 1.807) is 12.1 Å². The van der Waals surface area contributed by atoms with Crippen LogP contribution >= 0.6 is 0 Å². The first kappa shape index (κ1) is 13.6. The Labute approximate surface area is 106 Å². The minimum Gasteiger partial charge on any atom is -0.478 e. The number of hydrogen-bond donors (Lipinski definition) is 1. The van der Waals surface area contributed by atoms with Crippen molar-refractivity contribution in [3.8, 4) is 0 Å². The van der Waals surface area contributed by atoms with Crippen LogP contribution in [0.4, 0.5) is 0 Å². The van der Waals surface area contributed by atoms with Gasteiger partial charge in [0, 0.05) is 5.56 Å². The Balaban J connectivity index is 0.000000225. The molecule has 0 aliphatic heterocycles. The maximum atomic E-state index is 10.9. The van der Waals surface area contributed by atoms with Gasteiger partial charge in [0.05, 0.1) is 5.56 Å². The largest absolute Gasteiger partial charge is 0.478 e. The molecule has 0 aliphatic carbocycles. The second kappa shape index (κ2) is 7.01. The van der Waals surface area contributed by atoms with E-state index in [0.717, 1.165) is 0 Å². The van der Waals surface area contributed by atoms with Crippen LogP contribution in [0.2, 0.25) is 0 Å². The highest BCUT2D eigenvalue weighted by Gasteiger charge is 2.11. The van der Waals surface area contributed by atoms with E-state index in [1.807, 2.05) is 36.4 Å². The molecule has 0 saturated carbocycles. The lowest BCUT2D eigenvalue weighted by Gasteiger charge is -1.99. The zero-order chi connectivity index (χ0) is 13.4. The molecule has 0 bridgehead atoms. The number of carbonyl (C=O) groups is 2. The molecule has 18 heavy (non-hydrogen) atoms. The van der Waals surface area contributed by atoms with E-state index >= 15 is 0 Å². The summed E-state index contributed by atoms with van der Waals surface area (Å²) in [6.07, 6.45) is 0. The van der Waals surface area contributed by atoms with Crippen LogP contribution in [-0.4, -0.2) is 16.9 Å². The van der Waals surface area contributed by atoms with Gasteiger partial charge in [-0.1, -0.05) is 54.6 Å². The van der Waals surface area contributed by atoms with E-state index in [1.165, 1.54) is 19.1 Å². The van der Waals surface area contributed by atoms with Gasteiger partial charge in [-0.3, -0.25) is 4.79 Å². The number of benzene rings is 2. The third-order valence-electron chi connectivity index (χ3n) is 2.20. The van der Waals surface area contributed by atoms with Gasteiger partial charge in [-0.15, -0.1) is 0 Å². The highest BCUT2D eigenvalue weighted by Crippen LogP contribution is 2.08. The number of hydrogen-bond acceptors (Lipinski definition) is 2. The van der Waals surface area contributed by atoms with E-state index in [4.69, 9.17) is 5.11 Å². The normalized spacial score (nSPS) is 8.94. The topological polar surface area (TPSA) is 54.4 Å². The van der Waals surface area contributed by atoms with Crippen molar-refractivity contribution >= 4 is 11.8 Å². The van der Waals surface area contributed by atoms with Crippen LogP contribution in [0, 0.1) is 0 Å². The number of carboxylic acid groups (broad SMARTS) is 1. The van der Waals surface area contributed by atoms with Crippen LogP contribution in [0.1, 0.15) is 27.6 Å². The van der Waals surface area contributed by atoms with Crippen LogP contribution in [0.5, 0.6) is 0 Å². The number of carboxylic acids is 1. The average molecular weight is 242 g/mol. The summed E-state index contributed by atoms with van der Waals surface area (Å²) in [6, 6.07) is 18.2. The van der Waals surface area contributed by atoms with Crippen molar-refractivity contribution in [3.05, 3.63) is 71.8 Å². The van der Waals surface area contributed by atoms with Crippen molar-refractivity contribution < 1.29 is 14.7 Å². The summed E-state index contributed by atoms with van der Waals surface area (Å²) in [5.41, 5.74) is 0.315. The first-order valence-corrected chi connectivity index (χ1v) is 5.46. The predicted octanol–water partition coefficient (Wildman–Crippen LogP) is 3.27. The van der Waals surface area contributed by atoms with E-state index in [9.17, 15) is 9.59 Å². The van der Waals surface area contributed by atoms with Gasteiger partial charge in [0.15, 0.2) is 5.78 Å². The molecule has 0 aromatic heterocycles. The number of rotatable bonds is 2. The fraction of sp³-hybridized carbons (Fsp3) is 0.0667. The minimum atomic E-state index is -1.07. The van der Waals surface area contributed by atoms with Gasteiger partial charge in [0.25, 0.3) is 0 Å². The number of Topliss-reactive ketones (excluding diaryl/α,β-unsaturated/α-hetero) is 1. The summed E-state index contributed by atoms with van der Waals surface area (Å²) in [6.45, 7) is 1.35. The van der Waals surface area contributed by atoms with Crippen LogP contribution in [0.25, 0.3) is 0 Å². The highest BCUT2D eigenvalue weighted by atomic mass is 16.4. The summed E-state index contributed by atoms with van der Waals surface area (Å²) >= 11 is 0. The third kappa shape index (κ3) is 4.22. The molecule has 0 atom stereocenters. The molecule has 0 unspecified atom stereocenters. The van der Waals surface area contributed by atoms with Crippen LogP contribution in [-0.2, 0) is 0 Å². The molecule has 2 aromatic rings. The molecule has 0 spiro atoms. The Morgan fingerprint density at radius 1 is 0.778 bits per heavy atom. The second-order valence-corrected chi connectivity index (χ2v) is 3.56. The highest BCUT2D eigenvalue weighted by molar-refractivity contribution is 6.04. The fourth-order valence-corrected chi connectivity index (χ4v) is 1.36. The van der Waals surface area contributed by atoms with Crippen molar-refractivity contribution in [2.24, 2.45) is 0 Å². The molecule has 3 heteroatoms. The summed E-state index contributed by atoms with van der Waals surface area (Å²) < 4.78 is 0. The Kier molecular flexibility index (Phi) is 5.32. The zero-order valence-electron chi connectivity index (χ0n) is 10.0. The molecule has 3 nitrogen and oxygen atoms in total. The summed E-state index contributed by atoms with van der Waals surface area (Å²) in [7, 11) is 0. The van der Waals surface area contributed by atoms with Crippen molar-refractivity contribution in [2.75, 3.05) is 0 Å². The van der Waals surface area contributed by atoms with E-state index < -0.39 is 5.97 Å². The van der Waals surface area contributed by atoms with Gasteiger partial charge in [-0.2, -0.15) is 0 Å². The maximum absolute atomic E-state index is 10.9. The molecule has 1 N–H and O–H groups in total. The van der Waals surface area contributed by atoms with Crippen LogP contribution in [0.15, 0.2) is 60.7 Å². The molecule has 0 heterocycles. The average Bonchev–Trinajstić information content (AvgIpc) is 2.41. The van der Waals surface area contributed by atoms with Crippen LogP contribution in [0.3, 0.4) is 0 Å². The molecule has 0 amide bonds. The Bertz CT molecular complexity index is 459. The van der Waals surface area contributed by atoms with Crippen molar-refractivity contribution in [1.82, 2.24) is 0 Å². The van der Waals surface area contributed by atoms with Gasteiger partial charge in [0.1, 0.15) is 0 Å². The Morgan fingerprint density at radius 2 is 1.17 bits per heavy atom. The number of ketones is 1. The zero-order valence-corrected chi connectivity index (χ0v) is 10.0. The smallest absolute Gasteiger partial charge is 0.336 e. The standard InChI is InChI=1S/C9H8O3.C6H6/c1-6(10)7-4-2-3-5-8(7)9(11)12;1-2-4-6-5-3-1/h2-5H,1H3,(H,11,12);1-6H. The first-order chi connectivity index (χ1) is 8.63. The summed E-state index contributed by atoms with van der Waals surface area (Å²) in [5.74, 6) is -1.30. The summed E-state index contributed by atoms with van der Waals surface area (Å²) in [4.78, 5) is 21.5. The monoisotopic (exact) mass is 242 g/mol. The SMILES string of the molecule is CC(=O)c1ccccc1C(=O)O.c1ccccc1. The molecule has 0 fully saturated rings. The molecule has 0 aliphatic rings. The first-order valence-electron chi connectivity index (χ1n) is 5.46. The van der Waals surface area contributed by atoms with Crippen molar-refractivity contribution in [2.45, 2.75) is 6.92 Å². The van der Waals surface area contributed by atoms with Gasteiger partial charge < -0.3 is 5.11 Å². The Morgan fingerprint density at radius 3 is 1.44 bits per heavy atom. The van der Waals surface area contributed by atoms with Crippen molar-refractivity contribution in [3.63, 3.8) is 0 Å². The molecule has 2 aromatic carbocycles. The molecule has 0 saturated heterocycles. The lowest BCUT2D eigenvalue weighted by atomic mass is 10.1. The van der Waals surface area contributed by atoms with Gasteiger partial charge in [-0.05, 0) is 13.0 Å². The lowest BCUT2D eigenvalue weighted by Crippen LogP contribution is -2.05. The third-order valence-corrected chi connectivity index (χ3v) is 2.20. The van der Waals surface area contributed by atoms with Crippen molar-refractivity contribution in [1.29, 1.82) is 0 Å². The quantitative estimate of drug-likeness (QED) is 0.822.